The number of β-lactam (4-membered cyclic amide) rings is 1. The van der Waals surface area contributed by atoms with Gasteiger partial charge >= 0.3 is 11.9 Å². The van der Waals surface area contributed by atoms with Gasteiger partial charge in [0.2, 0.25) is 5.91 Å². The molecule has 2 atom stereocenters. The topological polar surface area (TPSA) is 102 Å². The molecule has 0 spiro atoms. The minimum atomic E-state index is -0.776. The second-order valence-corrected chi connectivity index (χ2v) is 11.5. The third-order valence-corrected chi connectivity index (χ3v) is 8.81. The molecule has 0 bridgehead atoms. The van der Waals surface area contributed by atoms with E-state index in [9.17, 15) is 19.2 Å². The lowest BCUT2D eigenvalue weighted by Crippen LogP contribution is -2.70. The van der Waals surface area contributed by atoms with E-state index >= 15 is 0 Å². The summed E-state index contributed by atoms with van der Waals surface area (Å²) in [6.07, 6.45) is 2.29. The number of thiophene rings is 1. The Labute approximate surface area is 246 Å². The fourth-order valence-corrected chi connectivity index (χ4v) is 6.70. The highest BCUT2D eigenvalue weighted by molar-refractivity contribution is 8.00. The first-order chi connectivity index (χ1) is 20.0. The monoisotopic (exact) mass is 588 g/mol. The van der Waals surface area contributed by atoms with Gasteiger partial charge in [-0.3, -0.25) is 14.5 Å². The number of hydrogen-bond donors (Lipinski definition) is 1. The van der Waals surface area contributed by atoms with Gasteiger partial charge in [0.1, 0.15) is 23.7 Å². The molecule has 10 heteroatoms. The maximum atomic E-state index is 13.9. The first-order valence-electron chi connectivity index (χ1n) is 13.0. The van der Waals surface area contributed by atoms with Gasteiger partial charge in [0.15, 0.2) is 6.10 Å². The number of hydrogen-bond acceptors (Lipinski definition) is 8. The zero-order valence-electron chi connectivity index (χ0n) is 22.2. The van der Waals surface area contributed by atoms with E-state index in [1.54, 1.807) is 13.0 Å². The first-order valence-corrected chi connectivity index (χ1v) is 15.0. The number of nitrogens with zero attached hydrogens (tertiary/aromatic N) is 1. The molecule has 0 aliphatic carbocycles. The van der Waals surface area contributed by atoms with E-state index in [0.29, 0.717) is 11.3 Å². The van der Waals surface area contributed by atoms with E-state index < -0.39 is 35.4 Å². The highest BCUT2D eigenvalue weighted by atomic mass is 32.2. The third kappa shape index (κ3) is 6.44. The normalized spacial score (nSPS) is 18.2. The van der Waals surface area contributed by atoms with Gasteiger partial charge in [0, 0.05) is 22.3 Å². The number of fused-ring (bicyclic) bond motifs is 1. The second kappa shape index (κ2) is 13.0. The molecule has 5 rings (SSSR count). The quantitative estimate of drug-likeness (QED) is 0.213. The Kier molecular flexibility index (Phi) is 9.01. The molecule has 2 aliphatic rings. The summed E-state index contributed by atoms with van der Waals surface area (Å²) in [5.41, 5.74) is 2.05. The summed E-state index contributed by atoms with van der Waals surface area (Å²) in [5.74, 6) is -1.62. The summed E-state index contributed by atoms with van der Waals surface area (Å²) in [7, 11) is 0. The molecule has 210 valence electrons. The number of esters is 2. The van der Waals surface area contributed by atoms with Crippen LogP contribution in [0.4, 0.5) is 0 Å². The van der Waals surface area contributed by atoms with E-state index in [1.807, 2.05) is 78.2 Å². The van der Waals surface area contributed by atoms with Crippen molar-refractivity contribution >= 4 is 46.9 Å². The van der Waals surface area contributed by atoms with Gasteiger partial charge in [-0.15, -0.1) is 23.1 Å². The van der Waals surface area contributed by atoms with Crippen LogP contribution in [0.2, 0.25) is 0 Å². The van der Waals surface area contributed by atoms with Gasteiger partial charge < -0.3 is 14.8 Å². The molecule has 3 aromatic rings. The van der Waals surface area contributed by atoms with Crippen molar-refractivity contribution in [1.29, 1.82) is 0 Å². The molecule has 1 N–H and O–H groups in total. The number of ether oxygens (including phenoxy) is 2. The fourth-order valence-electron chi connectivity index (χ4n) is 4.67. The highest BCUT2D eigenvalue weighted by Gasteiger charge is 2.54. The van der Waals surface area contributed by atoms with E-state index in [2.05, 4.69) is 5.32 Å². The van der Waals surface area contributed by atoms with Crippen LogP contribution in [-0.4, -0.2) is 52.4 Å². The number of nitrogens with one attached hydrogen (secondary N) is 1. The van der Waals surface area contributed by atoms with E-state index in [4.69, 9.17) is 9.47 Å². The number of thioether (sulfide) groups is 1. The van der Waals surface area contributed by atoms with Gasteiger partial charge in [-0.2, -0.15) is 0 Å². The van der Waals surface area contributed by atoms with Crippen molar-refractivity contribution < 1.29 is 28.7 Å². The Morgan fingerprint density at radius 3 is 2.32 bits per heavy atom. The number of carbonyl (C=O) groups is 4. The average molecular weight is 589 g/mol. The number of carbonyl (C=O) groups excluding carboxylic acids is 4. The summed E-state index contributed by atoms with van der Waals surface area (Å²) in [6.45, 7) is 1.52. The molecule has 2 aromatic carbocycles. The summed E-state index contributed by atoms with van der Waals surface area (Å²) in [4.78, 5) is 54.3. The number of amides is 2. The van der Waals surface area contributed by atoms with Gasteiger partial charge in [-0.25, -0.2) is 9.59 Å². The highest BCUT2D eigenvalue weighted by Crippen LogP contribution is 2.41. The van der Waals surface area contributed by atoms with Crippen LogP contribution in [0.25, 0.3) is 0 Å². The van der Waals surface area contributed by atoms with Crippen LogP contribution in [0.3, 0.4) is 0 Å². The lowest BCUT2D eigenvalue weighted by Gasteiger charge is -2.49. The van der Waals surface area contributed by atoms with Crippen molar-refractivity contribution in [2.75, 3.05) is 12.4 Å². The minimum Gasteiger partial charge on any atom is -0.458 e. The minimum absolute atomic E-state index is 0.0487. The van der Waals surface area contributed by atoms with E-state index in [-0.39, 0.29) is 24.6 Å². The van der Waals surface area contributed by atoms with E-state index in [1.165, 1.54) is 34.1 Å². The van der Waals surface area contributed by atoms with Gasteiger partial charge in [-0.05, 0) is 29.5 Å². The third-order valence-electron chi connectivity index (χ3n) is 6.59. The molecule has 0 saturated carbocycles. The average Bonchev–Trinajstić information content (AvgIpc) is 3.51. The Balaban J connectivity index is 1.41. The Morgan fingerprint density at radius 1 is 1.02 bits per heavy atom. The molecule has 41 heavy (non-hydrogen) atoms. The smallest absolute Gasteiger partial charge is 0.356 e. The Bertz CT molecular complexity index is 1430. The molecule has 1 saturated heterocycles. The molecule has 1 fully saturated rings. The van der Waals surface area contributed by atoms with Crippen LogP contribution < -0.4 is 5.32 Å². The second-order valence-electron chi connectivity index (χ2n) is 9.38. The van der Waals surface area contributed by atoms with Crippen molar-refractivity contribution in [3.05, 3.63) is 118 Å². The largest absolute Gasteiger partial charge is 0.458 e. The van der Waals surface area contributed by atoms with Gasteiger partial charge in [0.25, 0.3) is 5.91 Å². The molecule has 1 aromatic heterocycles. The molecule has 0 unspecified atom stereocenters. The molecular weight excluding hydrogens is 560 g/mol. The van der Waals surface area contributed by atoms with E-state index in [0.717, 1.165) is 16.0 Å². The zero-order valence-corrected chi connectivity index (χ0v) is 23.9. The van der Waals surface area contributed by atoms with Crippen LogP contribution in [-0.2, 0) is 35.1 Å². The molecular formula is C31H28N2O6S2. The van der Waals surface area contributed by atoms with Crippen molar-refractivity contribution in [1.82, 2.24) is 10.2 Å². The van der Waals surface area contributed by atoms with Crippen LogP contribution >= 0.6 is 23.1 Å². The summed E-state index contributed by atoms with van der Waals surface area (Å²) < 4.78 is 11.5. The van der Waals surface area contributed by atoms with Crippen LogP contribution in [0.5, 0.6) is 0 Å². The SMILES string of the molecule is C/C=C/C(=O)OCC1=C(C(=O)OC(c2ccccc2)c2ccccc2)N2C(=O)[C@@H](NC(=O)Cc3cccs3)[C@@H]2SC1. The molecule has 0 radical (unpaired) electrons. The van der Waals surface area contributed by atoms with Crippen LogP contribution in [0, 0.1) is 0 Å². The van der Waals surface area contributed by atoms with Gasteiger partial charge in [0.05, 0.1) is 6.42 Å². The van der Waals surface area contributed by atoms with Crippen molar-refractivity contribution in [3.8, 4) is 0 Å². The maximum absolute atomic E-state index is 13.9. The fraction of sp³-hybridized carbons (Fsp3) is 0.226. The van der Waals surface area contributed by atoms with Crippen molar-refractivity contribution in [2.24, 2.45) is 0 Å². The predicted molar refractivity (Wildman–Crippen MR) is 157 cm³/mol. The Hall–Kier alpha value is -4.15. The molecule has 2 amide bonds. The maximum Gasteiger partial charge on any atom is 0.356 e. The van der Waals surface area contributed by atoms with Crippen molar-refractivity contribution in [2.45, 2.75) is 30.9 Å². The van der Waals surface area contributed by atoms with Crippen LogP contribution in [0.1, 0.15) is 29.0 Å². The summed E-state index contributed by atoms with van der Waals surface area (Å²) in [5, 5.41) is 4.23. The standard InChI is InChI=1S/C31H28N2O6S2/c1-2-10-25(35)38-18-22-19-41-30-26(32-24(34)17-23-15-9-16-40-23)29(36)33(30)27(22)31(37)39-28(20-11-5-3-6-12-20)21-13-7-4-8-14-21/h2-16,26,28,30H,17-19H2,1H3,(H,32,34)/b10-2+/t26-,30+/m1/s1. The molecule has 3 heterocycles. The summed E-state index contributed by atoms with van der Waals surface area (Å²) >= 11 is 2.87. The predicted octanol–water partition coefficient (Wildman–Crippen LogP) is 4.40. The zero-order chi connectivity index (χ0) is 28.8. The van der Waals surface area contributed by atoms with Crippen LogP contribution in [0.15, 0.2) is 102 Å². The summed E-state index contributed by atoms with van der Waals surface area (Å²) in [6, 6.07) is 21.6. The van der Waals surface area contributed by atoms with Crippen molar-refractivity contribution in [3.63, 3.8) is 0 Å². The number of rotatable bonds is 10. The molecule has 8 nitrogen and oxygen atoms in total. The van der Waals surface area contributed by atoms with Gasteiger partial charge in [-0.1, -0.05) is 72.8 Å². The molecule has 2 aliphatic heterocycles. The Morgan fingerprint density at radius 2 is 1.71 bits per heavy atom. The lowest BCUT2D eigenvalue weighted by molar-refractivity contribution is -0.155. The number of benzene rings is 2. The lowest BCUT2D eigenvalue weighted by atomic mass is 10.0. The number of allylic oxidation sites excluding steroid dienone is 1. The first kappa shape index (κ1) is 28.4.